The van der Waals surface area contributed by atoms with Gasteiger partial charge in [0.1, 0.15) is 5.76 Å². The lowest BCUT2D eigenvalue weighted by atomic mass is 10.4. The lowest BCUT2D eigenvalue weighted by molar-refractivity contribution is 0.393. The fourth-order valence-electron chi connectivity index (χ4n) is 0.835. The van der Waals surface area contributed by atoms with Crippen molar-refractivity contribution in [2.24, 2.45) is 5.73 Å². The van der Waals surface area contributed by atoms with E-state index in [1.807, 2.05) is 19.9 Å². The van der Waals surface area contributed by atoms with Gasteiger partial charge in [0.05, 0.1) is 5.69 Å². The van der Waals surface area contributed by atoms with Gasteiger partial charge in [-0.3, -0.25) is 0 Å². The van der Waals surface area contributed by atoms with Crippen LogP contribution in [0.4, 0.5) is 0 Å². The molecule has 0 aromatic carbocycles. The van der Waals surface area contributed by atoms with Gasteiger partial charge in [0, 0.05) is 23.6 Å². The molecule has 0 aliphatic rings. The van der Waals surface area contributed by atoms with Gasteiger partial charge < -0.3 is 10.3 Å². The molecular formula is C8H14N2OS. The molecule has 12 heavy (non-hydrogen) atoms. The van der Waals surface area contributed by atoms with E-state index >= 15 is 0 Å². The summed E-state index contributed by atoms with van der Waals surface area (Å²) >= 11 is 1.78. The van der Waals surface area contributed by atoms with Crippen LogP contribution in [-0.4, -0.2) is 17.0 Å². The van der Waals surface area contributed by atoms with Crippen LogP contribution < -0.4 is 5.73 Å². The SMILES string of the molecule is Cc1cc(CSCC(C)N)no1. The smallest absolute Gasteiger partial charge is 0.133 e. The number of hydrogen-bond acceptors (Lipinski definition) is 4. The summed E-state index contributed by atoms with van der Waals surface area (Å²) in [5, 5.41) is 3.88. The molecule has 1 aromatic heterocycles. The summed E-state index contributed by atoms with van der Waals surface area (Å²) in [6.45, 7) is 3.90. The Labute approximate surface area is 76.7 Å². The van der Waals surface area contributed by atoms with Gasteiger partial charge in [0.15, 0.2) is 0 Å². The van der Waals surface area contributed by atoms with E-state index < -0.39 is 0 Å². The number of aryl methyl sites for hydroxylation is 1. The van der Waals surface area contributed by atoms with Crippen molar-refractivity contribution in [1.82, 2.24) is 5.16 Å². The quantitative estimate of drug-likeness (QED) is 0.775. The van der Waals surface area contributed by atoms with Crippen LogP contribution in [0.15, 0.2) is 10.6 Å². The van der Waals surface area contributed by atoms with E-state index in [0.717, 1.165) is 23.0 Å². The summed E-state index contributed by atoms with van der Waals surface area (Å²) in [6, 6.07) is 2.21. The number of thioether (sulfide) groups is 1. The standard InChI is InChI=1S/C8H14N2OS/c1-6(9)4-12-5-8-3-7(2)11-10-8/h3,6H,4-5,9H2,1-2H3. The van der Waals surface area contributed by atoms with Crippen LogP contribution in [0.2, 0.25) is 0 Å². The first-order valence-corrected chi connectivity index (χ1v) is 5.09. The second-order valence-corrected chi connectivity index (χ2v) is 3.95. The van der Waals surface area contributed by atoms with Crippen LogP contribution in [0.3, 0.4) is 0 Å². The molecule has 0 aliphatic carbocycles. The highest BCUT2D eigenvalue weighted by Crippen LogP contribution is 2.12. The van der Waals surface area contributed by atoms with Crippen molar-refractivity contribution in [3.8, 4) is 0 Å². The Kier molecular flexibility index (Phi) is 3.62. The highest BCUT2D eigenvalue weighted by Gasteiger charge is 2.00. The van der Waals surface area contributed by atoms with Crippen LogP contribution in [0.5, 0.6) is 0 Å². The van der Waals surface area contributed by atoms with Crippen molar-refractivity contribution in [3.05, 3.63) is 17.5 Å². The van der Waals surface area contributed by atoms with Crippen molar-refractivity contribution in [3.63, 3.8) is 0 Å². The van der Waals surface area contributed by atoms with Crippen LogP contribution in [0.1, 0.15) is 18.4 Å². The molecule has 0 aliphatic heterocycles. The molecule has 0 bridgehead atoms. The van der Waals surface area contributed by atoms with E-state index in [-0.39, 0.29) is 6.04 Å². The molecule has 0 amide bonds. The van der Waals surface area contributed by atoms with Gasteiger partial charge in [0.25, 0.3) is 0 Å². The largest absolute Gasteiger partial charge is 0.361 e. The minimum Gasteiger partial charge on any atom is -0.361 e. The number of nitrogens with two attached hydrogens (primary N) is 1. The van der Waals surface area contributed by atoms with Gasteiger partial charge in [0.2, 0.25) is 0 Å². The van der Waals surface area contributed by atoms with Gasteiger partial charge in [-0.25, -0.2) is 0 Å². The summed E-state index contributed by atoms with van der Waals surface area (Å²) in [4.78, 5) is 0. The van der Waals surface area contributed by atoms with Gasteiger partial charge in [-0.05, 0) is 13.8 Å². The summed E-state index contributed by atoms with van der Waals surface area (Å²) in [5.41, 5.74) is 6.60. The van der Waals surface area contributed by atoms with Crippen LogP contribution in [0.25, 0.3) is 0 Å². The minimum atomic E-state index is 0.253. The Hall–Kier alpha value is -0.480. The normalized spacial score (nSPS) is 13.2. The average molecular weight is 186 g/mol. The molecule has 1 atom stereocenters. The molecule has 68 valence electrons. The zero-order valence-corrected chi connectivity index (χ0v) is 8.23. The second-order valence-electron chi connectivity index (χ2n) is 2.92. The minimum absolute atomic E-state index is 0.253. The highest BCUT2D eigenvalue weighted by atomic mass is 32.2. The molecule has 0 spiro atoms. The fraction of sp³-hybridized carbons (Fsp3) is 0.625. The third-order valence-corrected chi connectivity index (χ3v) is 2.57. The number of aromatic nitrogens is 1. The van der Waals surface area contributed by atoms with Crippen molar-refractivity contribution >= 4 is 11.8 Å². The molecule has 3 nitrogen and oxygen atoms in total. The molecule has 4 heteroatoms. The fourth-order valence-corrected chi connectivity index (χ4v) is 1.67. The maximum atomic E-state index is 5.60. The zero-order chi connectivity index (χ0) is 8.97. The number of hydrogen-bond donors (Lipinski definition) is 1. The first-order chi connectivity index (χ1) is 5.68. The van der Waals surface area contributed by atoms with Crippen LogP contribution in [-0.2, 0) is 5.75 Å². The molecule has 2 N–H and O–H groups in total. The second kappa shape index (κ2) is 4.52. The molecule has 0 radical (unpaired) electrons. The van der Waals surface area contributed by atoms with E-state index in [9.17, 15) is 0 Å². The molecule has 1 heterocycles. The van der Waals surface area contributed by atoms with E-state index in [4.69, 9.17) is 10.3 Å². The molecule has 1 rings (SSSR count). The topological polar surface area (TPSA) is 52.0 Å². The third-order valence-electron chi connectivity index (χ3n) is 1.31. The Morgan fingerprint density at radius 1 is 1.75 bits per heavy atom. The van der Waals surface area contributed by atoms with Gasteiger partial charge in [-0.2, -0.15) is 11.8 Å². The number of nitrogens with zero attached hydrogens (tertiary/aromatic N) is 1. The zero-order valence-electron chi connectivity index (χ0n) is 7.41. The Morgan fingerprint density at radius 3 is 3.00 bits per heavy atom. The average Bonchev–Trinajstić information content (AvgIpc) is 2.35. The lowest BCUT2D eigenvalue weighted by Gasteiger charge is -2.01. The summed E-state index contributed by atoms with van der Waals surface area (Å²) in [6.07, 6.45) is 0. The maximum absolute atomic E-state index is 5.60. The van der Waals surface area contributed by atoms with E-state index in [0.29, 0.717) is 0 Å². The monoisotopic (exact) mass is 186 g/mol. The van der Waals surface area contributed by atoms with Crippen LogP contribution in [0, 0.1) is 6.92 Å². The number of rotatable bonds is 4. The Morgan fingerprint density at radius 2 is 2.50 bits per heavy atom. The summed E-state index contributed by atoms with van der Waals surface area (Å²) in [7, 11) is 0. The Bertz CT molecular complexity index is 235. The van der Waals surface area contributed by atoms with E-state index in [2.05, 4.69) is 5.16 Å². The van der Waals surface area contributed by atoms with Gasteiger partial charge in [-0.1, -0.05) is 5.16 Å². The lowest BCUT2D eigenvalue weighted by Crippen LogP contribution is -2.17. The first-order valence-electron chi connectivity index (χ1n) is 3.94. The third kappa shape index (κ3) is 3.28. The molecule has 0 saturated heterocycles. The Balaban J connectivity index is 2.24. The van der Waals surface area contributed by atoms with Crippen molar-refractivity contribution in [2.45, 2.75) is 25.6 Å². The highest BCUT2D eigenvalue weighted by molar-refractivity contribution is 7.98. The predicted molar refractivity (Wildman–Crippen MR) is 51.1 cm³/mol. The molecule has 0 fully saturated rings. The summed E-state index contributed by atoms with van der Waals surface area (Å²) < 4.78 is 4.93. The first kappa shape index (κ1) is 9.61. The van der Waals surface area contributed by atoms with Gasteiger partial charge >= 0.3 is 0 Å². The molecule has 0 saturated carbocycles. The predicted octanol–water partition coefficient (Wildman–Crippen LogP) is 1.56. The van der Waals surface area contributed by atoms with Gasteiger partial charge in [-0.15, -0.1) is 0 Å². The molecule has 1 unspecified atom stereocenters. The van der Waals surface area contributed by atoms with Crippen LogP contribution >= 0.6 is 11.8 Å². The molecule has 1 aromatic rings. The maximum Gasteiger partial charge on any atom is 0.133 e. The van der Waals surface area contributed by atoms with E-state index in [1.165, 1.54) is 0 Å². The van der Waals surface area contributed by atoms with E-state index in [1.54, 1.807) is 11.8 Å². The summed E-state index contributed by atoms with van der Waals surface area (Å²) in [5.74, 6) is 2.72. The van der Waals surface area contributed by atoms with Crippen molar-refractivity contribution in [1.29, 1.82) is 0 Å². The molecular weight excluding hydrogens is 172 g/mol. The van der Waals surface area contributed by atoms with Crippen molar-refractivity contribution in [2.75, 3.05) is 5.75 Å². The van der Waals surface area contributed by atoms with Crippen molar-refractivity contribution < 1.29 is 4.52 Å².